The molecule has 0 saturated carbocycles. The Balaban J connectivity index is 1.64. The number of benzene rings is 1. The molecule has 2 fully saturated rings. The van der Waals surface area contributed by atoms with E-state index in [1.165, 1.54) is 18.2 Å². The van der Waals surface area contributed by atoms with Crippen molar-refractivity contribution >= 4 is 11.9 Å². The Hall–Kier alpha value is -2.08. The molecule has 0 aromatic heterocycles. The monoisotopic (exact) mass is 400 g/mol. The lowest BCUT2D eigenvalue weighted by Crippen LogP contribution is -2.59. The summed E-state index contributed by atoms with van der Waals surface area (Å²) in [5.41, 5.74) is 2.61. The number of hydrogen-bond donors (Lipinski definition) is 0. The second-order valence-corrected chi connectivity index (χ2v) is 9.02. The van der Waals surface area contributed by atoms with Gasteiger partial charge in [-0.25, -0.2) is 4.79 Å². The summed E-state index contributed by atoms with van der Waals surface area (Å²) < 4.78 is 10.4. The first kappa shape index (κ1) is 20.2. The fourth-order valence-corrected chi connectivity index (χ4v) is 5.85. The first-order valence-electron chi connectivity index (χ1n) is 10.6. The molecule has 1 aromatic carbocycles. The maximum Gasteiger partial charge on any atom is 0.328 e. The van der Waals surface area contributed by atoms with Crippen molar-refractivity contribution in [3.8, 4) is 5.75 Å². The number of rotatable bonds is 4. The summed E-state index contributed by atoms with van der Waals surface area (Å²) in [6.45, 7) is 3.98. The highest BCUT2D eigenvalue weighted by Gasteiger charge is 2.51. The zero-order valence-electron chi connectivity index (χ0n) is 17.9. The lowest BCUT2D eigenvalue weighted by Gasteiger charge is -2.55. The minimum absolute atomic E-state index is 0.0740. The van der Waals surface area contributed by atoms with Gasteiger partial charge < -0.3 is 19.3 Å². The number of hydrogen-bond acceptors (Lipinski definition) is 5. The van der Waals surface area contributed by atoms with Gasteiger partial charge in [-0.2, -0.15) is 0 Å². The van der Waals surface area contributed by atoms with Crippen LogP contribution in [0.1, 0.15) is 43.7 Å². The molecule has 6 nitrogen and oxygen atoms in total. The minimum Gasteiger partial charge on any atom is -0.497 e. The van der Waals surface area contributed by atoms with E-state index in [-0.39, 0.29) is 23.2 Å². The molecule has 1 aromatic rings. The van der Waals surface area contributed by atoms with E-state index in [1.54, 1.807) is 12.0 Å². The van der Waals surface area contributed by atoms with E-state index >= 15 is 0 Å². The van der Waals surface area contributed by atoms with Gasteiger partial charge in [0.1, 0.15) is 11.8 Å². The molecule has 1 amide bonds. The molecule has 2 bridgehead atoms. The fraction of sp³-hybridized carbons (Fsp3) is 0.652. The molecule has 1 aliphatic carbocycles. The molecule has 2 saturated heterocycles. The molecule has 3 aliphatic rings. The molecular weight excluding hydrogens is 368 g/mol. The number of esters is 1. The van der Waals surface area contributed by atoms with Crippen molar-refractivity contribution in [3.63, 3.8) is 0 Å². The van der Waals surface area contributed by atoms with Gasteiger partial charge in [0.25, 0.3) is 0 Å². The largest absolute Gasteiger partial charge is 0.497 e. The topological polar surface area (TPSA) is 59.1 Å². The van der Waals surface area contributed by atoms with Gasteiger partial charge in [-0.1, -0.05) is 13.0 Å². The predicted octanol–water partition coefficient (Wildman–Crippen LogP) is 2.38. The quantitative estimate of drug-likeness (QED) is 0.727. The lowest BCUT2D eigenvalue weighted by molar-refractivity contribution is -0.151. The Morgan fingerprint density at radius 2 is 2.03 bits per heavy atom. The van der Waals surface area contributed by atoms with Gasteiger partial charge in [0.2, 0.25) is 5.91 Å². The van der Waals surface area contributed by atoms with E-state index in [0.29, 0.717) is 25.4 Å². The Morgan fingerprint density at radius 1 is 1.24 bits per heavy atom. The van der Waals surface area contributed by atoms with Crippen LogP contribution in [0.2, 0.25) is 0 Å². The lowest BCUT2D eigenvalue weighted by atomic mass is 9.57. The van der Waals surface area contributed by atoms with Gasteiger partial charge in [0, 0.05) is 19.0 Å². The van der Waals surface area contributed by atoms with E-state index in [0.717, 1.165) is 31.6 Å². The van der Waals surface area contributed by atoms with E-state index < -0.39 is 6.04 Å². The number of carbonyl (C=O) groups is 2. The first-order valence-corrected chi connectivity index (χ1v) is 10.6. The van der Waals surface area contributed by atoms with Crippen molar-refractivity contribution in [1.29, 1.82) is 0 Å². The van der Waals surface area contributed by atoms with Crippen molar-refractivity contribution in [2.75, 3.05) is 34.4 Å². The highest BCUT2D eigenvalue weighted by molar-refractivity contribution is 5.85. The summed E-state index contributed by atoms with van der Waals surface area (Å²) in [6.07, 6.45) is 3.98. The molecular formula is C23H32N2O4. The van der Waals surface area contributed by atoms with Gasteiger partial charge in [0.15, 0.2) is 0 Å². The number of carbonyl (C=O) groups excluding carboxylic acids is 2. The number of methoxy groups -OCH3 is 2. The Morgan fingerprint density at radius 3 is 2.76 bits per heavy atom. The molecule has 29 heavy (non-hydrogen) atoms. The van der Waals surface area contributed by atoms with E-state index in [9.17, 15) is 9.59 Å². The smallest absolute Gasteiger partial charge is 0.328 e. The Labute approximate surface area is 173 Å². The van der Waals surface area contributed by atoms with Gasteiger partial charge >= 0.3 is 5.97 Å². The van der Waals surface area contributed by atoms with Crippen LogP contribution in [0.3, 0.4) is 0 Å². The highest BCUT2D eigenvalue weighted by Crippen LogP contribution is 2.50. The fourth-order valence-electron chi connectivity index (χ4n) is 5.85. The summed E-state index contributed by atoms with van der Waals surface area (Å²) in [6, 6.07) is 6.30. The van der Waals surface area contributed by atoms with Gasteiger partial charge in [-0.3, -0.25) is 4.79 Å². The third-order valence-electron chi connectivity index (χ3n) is 7.64. The van der Waals surface area contributed by atoms with Crippen LogP contribution in [0, 0.1) is 5.92 Å². The molecule has 158 valence electrons. The summed E-state index contributed by atoms with van der Waals surface area (Å²) >= 11 is 0. The van der Waals surface area contributed by atoms with Crippen LogP contribution in [0.5, 0.6) is 5.75 Å². The molecule has 1 unspecified atom stereocenters. The SMILES string of the molecule is COC(=O)[C@@H]1CCCN1C(=O)C[C@H]1C2Cc3ccc(OC)cc3[C@@]1(C)CCN2C. The standard InChI is InChI=1S/C23H32N2O4/c1-23-9-11-24(2)20(12-15-7-8-16(28-3)13-17(15)23)18(23)14-21(26)25-10-5-6-19(25)22(27)29-4/h7-8,13,18-20H,5-6,9-12,14H2,1-4H3/t18-,19-,20?,23+/m0/s1. The van der Waals surface area contributed by atoms with E-state index in [1.807, 2.05) is 6.07 Å². The Kier molecular flexibility index (Phi) is 5.32. The molecule has 0 spiro atoms. The van der Waals surface area contributed by atoms with Crippen LogP contribution < -0.4 is 4.74 Å². The molecule has 6 heteroatoms. The number of amides is 1. The van der Waals surface area contributed by atoms with E-state index in [2.05, 4.69) is 31.0 Å². The molecule has 0 radical (unpaired) electrons. The van der Waals surface area contributed by atoms with Gasteiger partial charge in [-0.05, 0) is 73.9 Å². The van der Waals surface area contributed by atoms with Gasteiger partial charge in [0.05, 0.1) is 14.2 Å². The normalized spacial score (nSPS) is 31.3. The number of likely N-dealkylation sites (tertiary alicyclic amines) is 2. The van der Waals surface area contributed by atoms with Crippen LogP contribution in [0.25, 0.3) is 0 Å². The Bertz CT molecular complexity index is 810. The molecule has 2 heterocycles. The zero-order chi connectivity index (χ0) is 20.8. The van der Waals surface area contributed by atoms with Crippen molar-refractivity contribution in [3.05, 3.63) is 29.3 Å². The average molecular weight is 401 g/mol. The number of fused-ring (bicyclic) bond motifs is 4. The summed E-state index contributed by atoms with van der Waals surface area (Å²) in [4.78, 5) is 29.6. The highest BCUT2D eigenvalue weighted by atomic mass is 16.5. The summed E-state index contributed by atoms with van der Waals surface area (Å²) in [7, 11) is 5.27. The number of likely N-dealkylation sites (N-methyl/N-ethyl adjacent to an activating group) is 1. The number of piperidine rings is 1. The maximum absolute atomic E-state index is 13.3. The average Bonchev–Trinajstić information content (AvgIpc) is 3.22. The molecule has 4 atom stereocenters. The molecule has 2 aliphatic heterocycles. The van der Waals surface area contributed by atoms with Crippen LogP contribution >= 0.6 is 0 Å². The summed E-state index contributed by atoms with van der Waals surface area (Å²) in [5, 5.41) is 0. The molecule has 4 rings (SSSR count). The zero-order valence-corrected chi connectivity index (χ0v) is 17.9. The second-order valence-electron chi connectivity index (χ2n) is 9.02. The third kappa shape index (κ3) is 3.31. The predicted molar refractivity (Wildman–Crippen MR) is 110 cm³/mol. The van der Waals surface area contributed by atoms with Gasteiger partial charge in [-0.15, -0.1) is 0 Å². The second kappa shape index (κ2) is 7.63. The third-order valence-corrected chi connectivity index (χ3v) is 7.64. The van der Waals surface area contributed by atoms with Crippen LogP contribution in [0.15, 0.2) is 18.2 Å². The minimum atomic E-state index is -0.422. The van der Waals surface area contributed by atoms with Crippen molar-refractivity contribution in [1.82, 2.24) is 9.80 Å². The summed E-state index contributed by atoms with van der Waals surface area (Å²) in [5.74, 6) is 0.879. The van der Waals surface area contributed by atoms with Crippen LogP contribution in [-0.4, -0.2) is 68.1 Å². The van der Waals surface area contributed by atoms with Crippen molar-refractivity contribution < 1.29 is 19.1 Å². The number of nitrogens with zero attached hydrogens (tertiary/aromatic N) is 2. The maximum atomic E-state index is 13.3. The first-order chi connectivity index (χ1) is 13.9. The molecule has 0 N–H and O–H groups in total. The van der Waals surface area contributed by atoms with E-state index in [4.69, 9.17) is 9.47 Å². The van der Waals surface area contributed by atoms with Crippen LogP contribution in [-0.2, 0) is 26.2 Å². The van der Waals surface area contributed by atoms with Crippen molar-refractivity contribution in [2.24, 2.45) is 5.92 Å². The number of ether oxygens (including phenoxy) is 2. The van der Waals surface area contributed by atoms with Crippen LogP contribution in [0.4, 0.5) is 0 Å². The van der Waals surface area contributed by atoms with Crippen molar-refractivity contribution in [2.45, 2.75) is 56.5 Å².